The van der Waals surface area contributed by atoms with Crippen LogP contribution in [0.15, 0.2) is 30.3 Å². The third kappa shape index (κ3) is 8.03. The molecule has 1 rings (SSSR count). The molecule has 1 amide bonds. The molecule has 0 bridgehead atoms. The number of benzene rings is 1. The molecule has 0 saturated heterocycles. The van der Waals surface area contributed by atoms with Crippen molar-refractivity contribution in [3.05, 3.63) is 35.9 Å². The molecule has 1 N–H and O–H groups in total. The first-order valence-electron chi connectivity index (χ1n) is 8.34. The molecule has 4 heteroatoms. The molecule has 1 aromatic rings. The number of ether oxygens (including phenoxy) is 1. The Hall–Kier alpha value is -1.55. The van der Waals surface area contributed by atoms with E-state index in [1.807, 2.05) is 30.3 Å². The third-order valence-electron chi connectivity index (χ3n) is 3.58. The van der Waals surface area contributed by atoms with Crippen molar-refractivity contribution < 1.29 is 14.6 Å². The fourth-order valence-electron chi connectivity index (χ4n) is 2.27. The normalized spacial score (nSPS) is 10.5. The molecule has 0 atom stereocenters. The van der Waals surface area contributed by atoms with Gasteiger partial charge in [0.15, 0.2) is 0 Å². The topological polar surface area (TPSA) is 49.8 Å². The predicted molar refractivity (Wildman–Crippen MR) is 88.7 cm³/mol. The van der Waals surface area contributed by atoms with Gasteiger partial charge >= 0.3 is 6.09 Å². The number of aliphatic hydroxyl groups is 1. The molecule has 0 aromatic heterocycles. The standard InChI is InChI=1S/C18H29NO3/c1-2-3-4-5-9-13-19(14-10-15-20)18(21)22-16-17-11-7-6-8-12-17/h6-8,11-12,20H,2-5,9-10,13-16H2,1H3. The Bertz CT molecular complexity index is 395. The lowest BCUT2D eigenvalue weighted by atomic mass is 10.1. The minimum atomic E-state index is -0.284. The van der Waals surface area contributed by atoms with Crippen molar-refractivity contribution in [2.24, 2.45) is 0 Å². The van der Waals surface area contributed by atoms with Gasteiger partial charge < -0.3 is 14.7 Å². The van der Waals surface area contributed by atoms with Gasteiger partial charge in [0.25, 0.3) is 0 Å². The van der Waals surface area contributed by atoms with Crippen LogP contribution in [0.4, 0.5) is 4.79 Å². The number of unbranched alkanes of at least 4 members (excludes halogenated alkanes) is 4. The average molecular weight is 307 g/mol. The van der Waals surface area contributed by atoms with Gasteiger partial charge in [-0.2, -0.15) is 0 Å². The summed E-state index contributed by atoms with van der Waals surface area (Å²) in [6.45, 7) is 3.84. The summed E-state index contributed by atoms with van der Waals surface area (Å²) in [5.74, 6) is 0. The van der Waals surface area contributed by atoms with E-state index in [2.05, 4.69) is 6.92 Å². The second-order valence-electron chi connectivity index (χ2n) is 5.52. The molecule has 0 aliphatic rings. The number of carbonyl (C=O) groups is 1. The summed E-state index contributed by atoms with van der Waals surface area (Å²) in [5, 5.41) is 8.97. The van der Waals surface area contributed by atoms with Gasteiger partial charge in [-0.05, 0) is 18.4 Å². The highest BCUT2D eigenvalue weighted by molar-refractivity contribution is 5.67. The molecule has 22 heavy (non-hydrogen) atoms. The van der Waals surface area contributed by atoms with E-state index in [9.17, 15) is 4.79 Å². The number of hydrogen-bond acceptors (Lipinski definition) is 3. The molecule has 0 saturated carbocycles. The molecule has 4 nitrogen and oxygen atoms in total. The molecule has 0 radical (unpaired) electrons. The van der Waals surface area contributed by atoms with E-state index >= 15 is 0 Å². The second kappa shape index (κ2) is 12.0. The fraction of sp³-hybridized carbons (Fsp3) is 0.611. The SMILES string of the molecule is CCCCCCCN(CCCO)C(=O)OCc1ccccc1. The highest BCUT2D eigenvalue weighted by Crippen LogP contribution is 2.07. The molecule has 124 valence electrons. The van der Waals surface area contributed by atoms with Gasteiger partial charge in [0, 0.05) is 19.7 Å². The van der Waals surface area contributed by atoms with Crippen LogP contribution >= 0.6 is 0 Å². The summed E-state index contributed by atoms with van der Waals surface area (Å²) in [5.41, 5.74) is 0.987. The van der Waals surface area contributed by atoms with Gasteiger partial charge in [-0.25, -0.2) is 4.79 Å². The van der Waals surface area contributed by atoms with Crippen molar-refractivity contribution in [3.63, 3.8) is 0 Å². The Labute approximate surface area is 134 Å². The lowest BCUT2D eigenvalue weighted by Crippen LogP contribution is -2.33. The van der Waals surface area contributed by atoms with Crippen molar-refractivity contribution in [2.45, 2.75) is 52.1 Å². The first-order chi connectivity index (χ1) is 10.8. The highest BCUT2D eigenvalue weighted by Gasteiger charge is 2.14. The highest BCUT2D eigenvalue weighted by atomic mass is 16.6. The molecular weight excluding hydrogens is 278 g/mol. The Morgan fingerprint density at radius 1 is 1.05 bits per heavy atom. The van der Waals surface area contributed by atoms with Crippen LogP contribution in [-0.2, 0) is 11.3 Å². The third-order valence-corrected chi connectivity index (χ3v) is 3.58. The Balaban J connectivity index is 2.35. The van der Waals surface area contributed by atoms with Crippen LogP contribution in [0.2, 0.25) is 0 Å². The maximum Gasteiger partial charge on any atom is 0.410 e. The van der Waals surface area contributed by atoms with Crippen LogP contribution < -0.4 is 0 Å². The Morgan fingerprint density at radius 3 is 2.41 bits per heavy atom. The van der Waals surface area contributed by atoms with Gasteiger partial charge in [-0.3, -0.25) is 0 Å². The number of amides is 1. The van der Waals surface area contributed by atoms with E-state index in [-0.39, 0.29) is 12.7 Å². The zero-order valence-electron chi connectivity index (χ0n) is 13.7. The summed E-state index contributed by atoms with van der Waals surface area (Å²) in [7, 11) is 0. The van der Waals surface area contributed by atoms with E-state index in [1.165, 1.54) is 19.3 Å². The zero-order valence-corrected chi connectivity index (χ0v) is 13.7. The van der Waals surface area contributed by atoms with Crippen LogP contribution in [0.25, 0.3) is 0 Å². The molecule has 0 unspecified atom stereocenters. The minimum absolute atomic E-state index is 0.0955. The molecule has 1 aromatic carbocycles. The fourth-order valence-corrected chi connectivity index (χ4v) is 2.27. The smallest absolute Gasteiger partial charge is 0.410 e. The van der Waals surface area contributed by atoms with Crippen LogP contribution in [0.1, 0.15) is 51.0 Å². The quantitative estimate of drug-likeness (QED) is 0.629. The molecule has 0 aliphatic heterocycles. The number of carbonyl (C=O) groups excluding carboxylic acids is 1. The number of aliphatic hydroxyl groups excluding tert-OH is 1. The summed E-state index contributed by atoms with van der Waals surface area (Å²) in [6.07, 6.45) is 6.11. The first kappa shape index (κ1) is 18.5. The Morgan fingerprint density at radius 2 is 1.73 bits per heavy atom. The minimum Gasteiger partial charge on any atom is -0.445 e. The van der Waals surface area contributed by atoms with Crippen molar-refractivity contribution in [2.75, 3.05) is 19.7 Å². The summed E-state index contributed by atoms with van der Waals surface area (Å²) in [6, 6.07) is 9.68. The van der Waals surface area contributed by atoms with Crippen molar-refractivity contribution >= 4 is 6.09 Å². The van der Waals surface area contributed by atoms with Gasteiger partial charge in [-0.1, -0.05) is 62.9 Å². The molecule has 0 aliphatic carbocycles. The summed E-state index contributed by atoms with van der Waals surface area (Å²) < 4.78 is 5.37. The molecular formula is C18H29NO3. The maximum atomic E-state index is 12.2. The van der Waals surface area contributed by atoms with Gasteiger partial charge in [-0.15, -0.1) is 0 Å². The lowest BCUT2D eigenvalue weighted by Gasteiger charge is -2.22. The van der Waals surface area contributed by atoms with Crippen molar-refractivity contribution in [1.82, 2.24) is 4.90 Å². The van der Waals surface area contributed by atoms with Crippen LogP contribution in [0, 0.1) is 0 Å². The number of nitrogens with zero attached hydrogens (tertiary/aromatic N) is 1. The maximum absolute atomic E-state index is 12.2. The van der Waals surface area contributed by atoms with Gasteiger partial charge in [0.1, 0.15) is 6.61 Å². The van der Waals surface area contributed by atoms with E-state index in [1.54, 1.807) is 4.90 Å². The summed E-state index contributed by atoms with van der Waals surface area (Å²) in [4.78, 5) is 13.9. The van der Waals surface area contributed by atoms with E-state index in [0.29, 0.717) is 26.1 Å². The second-order valence-corrected chi connectivity index (χ2v) is 5.52. The van der Waals surface area contributed by atoms with E-state index in [0.717, 1.165) is 18.4 Å². The van der Waals surface area contributed by atoms with Crippen LogP contribution in [0.5, 0.6) is 0 Å². The predicted octanol–water partition coefficient (Wildman–Crippen LogP) is 3.98. The monoisotopic (exact) mass is 307 g/mol. The van der Waals surface area contributed by atoms with E-state index in [4.69, 9.17) is 9.84 Å². The number of hydrogen-bond donors (Lipinski definition) is 1. The van der Waals surface area contributed by atoms with Crippen molar-refractivity contribution in [1.29, 1.82) is 0 Å². The average Bonchev–Trinajstić information content (AvgIpc) is 2.56. The van der Waals surface area contributed by atoms with Gasteiger partial charge in [0.2, 0.25) is 0 Å². The van der Waals surface area contributed by atoms with E-state index < -0.39 is 0 Å². The van der Waals surface area contributed by atoms with Crippen LogP contribution in [0.3, 0.4) is 0 Å². The molecule has 0 spiro atoms. The summed E-state index contributed by atoms with van der Waals surface area (Å²) >= 11 is 0. The molecule has 0 heterocycles. The zero-order chi connectivity index (χ0) is 16.0. The van der Waals surface area contributed by atoms with Gasteiger partial charge in [0.05, 0.1) is 0 Å². The number of rotatable bonds is 11. The first-order valence-corrected chi connectivity index (χ1v) is 8.34. The molecule has 0 fully saturated rings. The van der Waals surface area contributed by atoms with Crippen LogP contribution in [-0.4, -0.2) is 35.8 Å². The lowest BCUT2D eigenvalue weighted by molar-refractivity contribution is 0.0928. The van der Waals surface area contributed by atoms with Crippen molar-refractivity contribution in [3.8, 4) is 0 Å². The largest absolute Gasteiger partial charge is 0.445 e. The Kier molecular flexibility index (Phi) is 10.1.